The van der Waals surface area contributed by atoms with Gasteiger partial charge in [0.15, 0.2) is 0 Å². The molecule has 1 atom stereocenters. The Hall–Kier alpha value is -0.870. The summed E-state index contributed by atoms with van der Waals surface area (Å²) in [5, 5.41) is 3.01. The highest BCUT2D eigenvalue weighted by Crippen LogP contribution is 2.21. The molecule has 0 aliphatic rings. The molecule has 1 amide bonds. The van der Waals surface area contributed by atoms with Crippen molar-refractivity contribution in [1.82, 2.24) is 5.32 Å². The number of rotatable bonds is 6. The van der Waals surface area contributed by atoms with Crippen molar-refractivity contribution < 1.29 is 9.53 Å². The molecule has 3 nitrogen and oxygen atoms in total. The normalized spacial score (nSPS) is 12.2. The topological polar surface area (TPSA) is 38.3 Å². The standard InChI is InChI=1S/C14H20BrNO2/c1-4-6-11(9-18-3)16-14(17)12-8-5-7-10(2)13(12)15/h5,7-8,11H,4,6,9H2,1-3H3,(H,16,17). The summed E-state index contributed by atoms with van der Waals surface area (Å²) in [6.45, 7) is 4.61. The number of carbonyl (C=O) groups excluding carboxylic acids is 1. The number of carbonyl (C=O) groups is 1. The number of nitrogens with one attached hydrogen (secondary N) is 1. The molecule has 1 unspecified atom stereocenters. The second-order valence-electron chi connectivity index (χ2n) is 4.35. The second-order valence-corrected chi connectivity index (χ2v) is 5.14. The number of methoxy groups -OCH3 is 1. The minimum atomic E-state index is -0.0546. The van der Waals surface area contributed by atoms with Crippen LogP contribution < -0.4 is 5.32 Å². The summed E-state index contributed by atoms with van der Waals surface area (Å²) >= 11 is 3.46. The van der Waals surface area contributed by atoms with E-state index in [9.17, 15) is 4.79 Å². The van der Waals surface area contributed by atoms with Gasteiger partial charge in [-0.25, -0.2) is 0 Å². The zero-order valence-electron chi connectivity index (χ0n) is 11.1. The molecule has 0 aromatic heterocycles. The Morgan fingerprint density at radius 1 is 1.50 bits per heavy atom. The van der Waals surface area contributed by atoms with Crippen molar-refractivity contribution >= 4 is 21.8 Å². The molecule has 1 N–H and O–H groups in total. The van der Waals surface area contributed by atoms with Gasteiger partial charge >= 0.3 is 0 Å². The van der Waals surface area contributed by atoms with Gasteiger partial charge in [0.05, 0.1) is 18.2 Å². The lowest BCUT2D eigenvalue weighted by Gasteiger charge is -2.18. The first-order chi connectivity index (χ1) is 8.60. The lowest BCUT2D eigenvalue weighted by Crippen LogP contribution is -2.38. The fourth-order valence-electron chi connectivity index (χ4n) is 1.83. The Balaban J connectivity index is 2.77. The van der Waals surface area contributed by atoms with Crippen molar-refractivity contribution in [2.75, 3.05) is 13.7 Å². The van der Waals surface area contributed by atoms with E-state index in [1.807, 2.05) is 25.1 Å². The van der Waals surface area contributed by atoms with Crippen LogP contribution >= 0.6 is 15.9 Å². The van der Waals surface area contributed by atoms with E-state index < -0.39 is 0 Å². The van der Waals surface area contributed by atoms with Crippen LogP contribution in [0, 0.1) is 6.92 Å². The van der Waals surface area contributed by atoms with Gasteiger partial charge in [-0.15, -0.1) is 0 Å². The molecule has 1 aromatic carbocycles. The monoisotopic (exact) mass is 313 g/mol. The molecule has 0 radical (unpaired) electrons. The van der Waals surface area contributed by atoms with Gasteiger partial charge in [-0.2, -0.15) is 0 Å². The van der Waals surface area contributed by atoms with Gasteiger partial charge in [-0.05, 0) is 40.9 Å². The van der Waals surface area contributed by atoms with Gasteiger partial charge in [-0.1, -0.05) is 25.5 Å². The maximum Gasteiger partial charge on any atom is 0.252 e. The Morgan fingerprint density at radius 3 is 2.83 bits per heavy atom. The van der Waals surface area contributed by atoms with Crippen molar-refractivity contribution in [1.29, 1.82) is 0 Å². The zero-order valence-corrected chi connectivity index (χ0v) is 12.7. The largest absolute Gasteiger partial charge is 0.383 e. The maximum atomic E-state index is 12.2. The van der Waals surface area contributed by atoms with Crippen LogP contribution in [0.5, 0.6) is 0 Å². The molecule has 100 valence electrons. The number of ether oxygens (including phenoxy) is 1. The van der Waals surface area contributed by atoms with Crippen LogP contribution in [0.4, 0.5) is 0 Å². The SMILES string of the molecule is CCCC(COC)NC(=O)c1cccc(C)c1Br. The third-order valence-electron chi connectivity index (χ3n) is 2.78. The predicted molar refractivity (Wildman–Crippen MR) is 76.9 cm³/mol. The number of amides is 1. The minimum Gasteiger partial charge on any atom is -0.383 e. The number of benzene rings is 1. The fourth-order valence-corrected chi connectivity index (χ4v) is 2.28. The molecule has 0 heterocycles. The highest BCUT2D eigenvalue weighted by atomic mass is 79.9. The Kier molecular flexibility index (Phi) is 6.36. The minimum absolute atomic E-state index is 0.0546. The Labute approximate surface area is 117 Å². The summed E-state index contributed by atoms with van der Waals surface area (Å²) in [6, 6.07) is 5.75. The molecule has 0 fully saturated rings. The third-order valence-corrected chi connectivity index (χ3v) is 3.83. The average molecular weight is 314 g/mol. The van der Waals surface area contributed by atoms with Crippen molar-refractivity contribution in [3.63, 3.8) is 0 Å². The summed E-state index contributed by atoms with van der Waals surface area (Å²) in [4.78, 5) is 12.2. The van der Waals surface area contributed by atoms with Gasteiger partial charge in [0.1, 0.15) is 0 Å². The van der Waals surface area contributed by atoms with E-state index in [2.05, 4.69) is 28.2 Å². The summed E-state index contributed by atoms with van der Waals surface area (Å²) in [7, 11) is 1.65. The van der Waals surface area contributed by atoms with E-state index in [-0.39, 0.29) is 11.9 Å². The summed E-state index contributed by atoms with van der Waals surface area (Å²) < 4.78 is 5.98. The van der Waals surface area contributed by atoms with Crippen molar-refractivity contribution in [2.24, 2.45) is 0 Å². The van der Waals surface area contributed by atoms with Crippen LogP contribution in [0.1, 0.15) is 35.7 Å². The smallest absolute Gasteiger partial charge is 0.252 e. The molecule has 0 spiro atoms. The summed E-state index contributed by atoms with van der Waals surface area (Å²) in [5.74, 6) is -0.0546. The van der Waals surface area contributed by atoms with Crippen LogP contribution in [-0.4, -0.2) is 25.7 Å². The van der Waals surface area contributed by atoms with E-state index in [0.717, 1.165) is 22.9 Å². The molecular formula is C14H20BrNO2. The number of hydrogen-bond donors (Lipinski definition) is 1. The average Bonchev–Trinajstić information content (AvgIpc) is 2.33. The Bertz CT molecular complexity index is 401. The molecule has 0 saturated heterocycles. The van der Waals surface area contributed by atoms with E-state index in [1.54, 1.807) is 7.11 Å². The van der Waals surface area contributed by atoms with Crippen LogP contribution in [0.3, 0.4) is 0 Å². The van der Waals surface area contributed by atoms with Gasteiger partial charge in [-0.3, -0.25) is 4.79 Å². The predicted octanol–water partition coefficient (Wildman–Crippen LogP) is 3.30. The van der Waals surface area contributed by atoms with Crippen molar-refractivity contribution in [2.45, 2.75) is 32.7 Å². The van der Waals surface area contributed by atoms with Gasteiger partial charge in [0.2, 0.25) is 0 Å². The summed E-state index contributed by atoms with van der Waals surface area (Å²) in [6.07, 6.45) is 1.94. The van der Waals surface area contributed by atoms with Crippen LogP contribution in [-0.2, 0) is 4.74 Å². The maximum absolute atomic E-state index is 12.2. The first kappa shape index (κ1) is 15.2. The first-order valence-electron chi connectivity index (χ1n) is 6.15. The van der Waals surface area contributed by atoms with Gasteiger partial charge in [0, 0.05) is 11.6 Å². The molecule has 0 saturated carbocycles. The van der Waals surface area contributed by atoms with E-state index in [1.165, 1.54) is 0 Å². The van der Waals surface area contributed by atoms with Gasteiger partial charge < -0.3 is 10.1 Å². The highest BCUT2D eigenvalue weighted by Gasteiger charge is 2.15. The lowest BCUT2D eigenvalue weighted by atomic mass is 10.1. The number of hydrogen-bond acceptors (Lipinski definition) is 2. The van der Waals surface area contributed by atoms with Gasteiger partial charge in [0.25, 0.3) is 5.91 Å². The van der Waals surface area contributed by atoms with Crippen LogP contribution in [0.25, 0.3) is 0 Å². The van der Waals surface area contributed by atoms with Crippen LogP contribution in [0.2, 0.25) is 0 Å². The Morgan fingerprint density at radius 2 is 2.22 bits per heavy atom. The molecule has 0 bridgehead atoms. The quantitative estimate of drug-likeness (QED) is 0.875. The van der Waals surface area contributed by atoms with Crippen molar-refractivity contribution in [3.05, 3.63) is 33.8 Å². The highest BCUT2D eigenvalue weighted by molar-refractivity contribution is 9.10. The molecule has 4 heteroatoms. The van der Waals surface area contributed by atoms with E-state index in [0.29, 0.717) is 12.2 Å². The molecule has 0 aliphatic heterocycles. The first-order valence-corrected chi connectivity index (χ1v) is 6.94. The fraction of sp³-hybridized carbons (Fsp3) is 0.500. The zero-order chi connectivity index (χ0) is 13.5. The van der Waals surface area contributed by atoms with E-state index in [4.69, 9.17) is 4.74 Å². The molecular weight excluding hydrogens is 294 g/mol. The number of aryl methyl sites for hydroxylation is 1. The third kappa shape index (κ3) is 4.10. The number of halogens is 1. The molecule has 1 rings (SSSR count). The molecule has 0 aliphatic carbocycles. The molecule has 1 aromatic rings. The lowest BCUT2D eigenvalue weighted by molar-refractivity contribution is 0.0890. The summed E-state index contributed by atoms with van der Waals surface area (Å²) in [5.41, 5.74) is 1.73. The van der Waals surface area contributed by atoms with Crippen molar-refractivity contribution in [3.8, 4) is 0 Å². The molecule has 18 heavy (non-hydrogen) atoms. The van der Waals surface area contributed by atoms with Crippen LogP contribution in [0.15, 0.2) is 22.7 Å². The second kappa shape index (κ2) is 7.54. The van der Waals surface area contributed by atoms with E-state index >= 15 is 0 Å².